The Bertz CT molecular complexity index is 737. The van der Waals surface area contributed by atoms with Crippen molar-refractivity contribution in [2.45, 2.75) is 30.8 Å². The van der Waals surface area contributed by atoms with Gasteiger partial charge in [0.1, 0.15) is 0 Å². The van der Waals surface area contributed by atoms with E-state index in [4.69, 9.17) is 4.74 Å². The molecule has 9 heteroatoms. The van der Waals surface area contributed by atoms with Gasteiger partial charge in [0.15, 0.2) is 0 Å². The third kappa shape index (κ3) is 4.20. The van der Waals surface area contributed by atoms with E-state index >= 15 is 0 Å². The zero-order valence-electron chi connectivity index (χ0n) is 15.1. The molecule has 2 heterocycles. The van der Waals surface area contributed by atoms with E-state index in [-0.39, 0.29) is 35.3 Å². The summed E-state index contributed by atoms with van der Waals surface area (Å²) in [6, 6.07) is 6.62. The summed E-state index contributed by atoms with van der Waals surface area (Å²) in [6.07, 6.45) is 0. The van der Waals surface area contributed by atoms with Gasteiger partial charge in [0, 0.05) is 43.8 Å². The van der Waals surface area contributed by atoms with Crippen LogP contribution in [0.3, 0.4) is 0 Å². The minimum absolute atomic E-state index is 0. The van der Waals surface area contributed by atoms with Crippen molar-refractivity contribution in [3.05, 3.63) is 29.8 Å². The number of morpholine rings is 1. The first-order valence-corrected chi connectivity index (χ1v) is 10.1. The molecule has 1 amide bonds. The van der Waals surface area contributed by atoms with Crippen molar-refractivity contribution in [1.29, 1.82) is 0 Å². The third-order valence-corrected chi connectivity index (χ3v) is 6.88. The van der Waals surface area contributed by atoms with Crippen LogP contribution in [0.4, 0.5) is 0 Å². The van der Waals surface area contributed by atoms with E-state index in [1.54, 1.807) is 18.2 Å². The van der Waals surface area contributed by atoms with E-state index in [2.05, 4.69) is 5.32 Å². The van der Waals surface area contributed by atoms with Crippen LogP contribution in [0.25, 0.3) is 0 Å². The predicted molar refractivity (Wildman–Crippen MR) is 101 cm³/mol. The zero-order valence-corrected chi connectivity index (χ0v) is 16.7. The quantitative estimate of drug-likeness (QED) is 0.813. The highest BCUT2D eigenvalue weighted by atomic mass is 35.5. The van der Waals surface area contributed by atoms with Crippen LogP contribution in [-0.2, 0) is 14.8 Å². The Morgan fingerprint density at radius 2 is 1.88 bits per heavy atom. The van der Waals surface area contributed by atoms with Gasteiger partial charge in [-0.15, -0.1) is 12.4 Å². The molecule has 0 saturated carbocycles. The number of ether oxygens (including phenoxy) is 1. The van der Waals surface area contributed by atoms with Gasteiger partial charge in [-0.25, -0.2) is 8.42 Å². The molecule has 0 aromatic heterocycles. The van der Waals surface area contributed by atoms with Gasteiger partial charge in [0.25, 0.3) is 5.91 Å². The van der Waals surface area contributed by atoms with Crippen molar-refractivity contribution in [2.24, 2.45) is 0 Å². The first kappa shape index (κ1) is 21.1. The molecule has 2 unspecified atom stereocenters. The number of sulfonamides is 1. The predicted octanol–water partition coefficient (Wildman–Crippen LogP) is 0.952. The van der Waals surface area contributed by atoms with Gasteiger partial charge in [0.2, 0.25) is 10.0 Å². The van der Waals surface area contributed by atoms with Crippen molar-refractivity contribution in [2.75, 3.05) is 39.4 Å². The molecule has 1 aromatic rings. The van der Waals surface area contributed by atoms with Gasteiger partial charge in [0.05, 0.1) is 18.1 Å². The largest absolute Gasteiger partial charge is 0.379 e. The van der Waals surface area contributed by atoms with E-state index in [1.807, 2.05) is 18.7 Å². The van der Waals surface area contributed by atoms with Crippen LogP contribution in [0.2, 0.25) is 0 Å². The van der Waals surface area contributed by atoms with Crippen molar-refractivity contribution in [3.8, 4) is 0 Å². The summed E-state index contributed by atoms with van der Waals surface area (Å²) in [5, 5.41) is 3.34. The number of hydrogen-bond donors (Lipinski definition) is 1. The van der Waals surface area contributed by atoms with E-state index in [0.717, 1.165) is 6.54 Å². The SMILES string of the molecule is CC1NCCN(C(=O)c2cccc(S(=O)(=O)N3CCOCC3)c2)C1C.Cl. The van der Waals surface area contributed by atoms with Gasteiger partial charge in [-0.2, -0.15) is 4.31 Å². The number of hydrogen-bond acceptors (Lipinski definition) is 5. The Balaban J connectivity index is 0.00000243. The molecule has 2 fully saturated rings. The van der Waals surface area contributed by atoms with Crippen LogP contribution in [0.5, 0.6) is 0 Å². The van der Waals surface area contributed by atoms with Crippen molar-refractivity contribution in [1.82, 2.24) is 14.5 Å². The summed E-state index contributed by atoms with van der Waals surface area (Å²) in [7, 11) is -3.60. The fraction of sp³-hybridized carbons (Fsp3) is 0.588. The summed E-state index contributed by atoms with van der Waals surface area (Å²) in [6.45, 7) is 6.88. The summed E-state index contributed by atoms with van der Waals surface area (Å²) in [4.78, 5) is 14.9. The lowest BCUT2D eigenvalue weighted by Crippen LogP contribution is -2.57. The Hall–Kier alpha value is -1.19. The number of nitrogens with one attached hydrogen (secondary N) is 1. The number of carbonyl (C=O) groups excluding carboxylic acids is 1. The van der Waals surface area contributed by atoms with E-state index in [0.29, 0.717) is 38.4 Å². The second kappa shape index (κ2) is 8.67. The highest BCUT2D eigenvalue weighted by molar-refractivity contribution is 7.89. The zero-order chi connectivity index (χ0) is 18.0. The number of rotatable bonds is 3. The third-order valence-electron chi connectivity index (χ3n) is 4.98. The first-order chi connectivity index (χ1) is 11.9. The van der Waals surface area contributed by atoms with Crippen LogP contribution < -0.4 is 5.32 Å². The molecule has 3 rings (SSSR count). The maximum atomic E-state index is 12.9. The molecule has 146 valence electrons. The number of halogens is 1. The molecule has 0 aliphatic carbocycles. The van der Waals surface area contributed by atoms with Crippen molar-refractivity contribution < 1.29 is 17.9 Å². The molecular formula is C17H26ClN3O4S. The average Bonchev–Trinajstić information content (AvgIpc) is 2.64. The molecule has 1 N–H and O–H groups in total. The highest BCUT2D eigenvalue weighted by Crippen LogP contribution is 2.20. The lowest BCUT2D eigenvalue weighted by Gasteiger charge is -2.38. The smallest absolute Gasteiger partial charge is 0.254 e. The minimum Gasteiger partial charge on any atom is -0.379 e. The lowest BCUT2D eigenvalue weighted by molar-refractivity contribution is 0.0602. The van der Waals surface area contributed by atoms with Crippen molar-refractivity contribution >= 4 is 28.3 Å². The molecule has 26 heavy (non-hydrogen) atoms. The molecule has 2 atom stereocenters. The number of piperazine rings is 1. The number of nitrogens with zero attached hydrogens (tertiary/aromatic N) is 2. The molecule has 7 nitrogen and oxygen atoms in total. The fourth-order valence-corrected chi connectivity index (χ4v) is 4.69. The number of carbonyl (C=O) groups is 1. The molecule has 0 bridgehead atoms. The number of benzene rings is 1. The lowest BCUT2D eigenvalue weighted by atomic mass is 10.1. The normalized spacial score (nSPS) is 24.8. The summed E-state index contributed by atoms with van der Waals surface area (Å²) in [5.41, 5.74) is 0.412. The summed E-state index contributed by atoms with van der Waals surface area (Å²) >= 11 is 0. The first-order valence-electron chi connectivity index (χ1n) is 8.63. The van der Waals surface area contributed by atoms with E-state index in [9.17, 15) is 13.2 Å². The summed E-state index contributed by atoms with van der Waals surface area (Å²) in [5.74, 6) is -0.125. The van der Waals surface area contributed by atoms with Crippen molar-refractivity contribution in [3.63, 3.8) is 0 Å². The van der Waals surface area contributed by atoms with Gasteiger partial charge < -0.3 is 15.0 Å². The topological polar surface area (TPSA) is 79.0 Å². The second-order valence-electron chi connectivity index (χ2n) is 6.53. The fourth-order valence-electron chi connectivity index (χ4n) is 3.23. The maximum Gasteiger partial charge on any atom is 0.254 e. The van der Waals surface area contributed by atoms with Gasteiger partial charge in [-0.3, -0.25) is 4.79 Å². The van der Waals surface area contributed by atoms with Crippen LogP contribution in [0.15, 0.2) is 29.2 Å². The Morgan fingerprint density at radius 3 is 2.58 bits per heavy atom. The second-order valence-corrected chi connectivity index (χ2v) is 8.46. The van der Waals surface area contributed by atoms with Gasteiger partial charge in [-0.05, 0) is 32.0 Å². The van der Waals surface area contributed by atoms with E-state index in [1.165, 1.54) is 10.4 Å². The van der Waals surface area contributed by atoms with E-state index < -0.39 is 10.0 Å². The van der Waals surface area contributed by atoms with Crippen LogP contribution in [0, 0.1) is 0 Å². The van der Waals surface area contributed by atoms with Gasteiger partial charge in [-0.1, -0.05) is 6.07 Å². The minimum atomic E-state index is -3.60. The molecule has 2 aliphatic heterocycles. The van der Waals surface area contributed by atoms with Crippen LogP contribution in [0.1, 0.15) is 24.2 Å². The molecule has 2 aliphatic rings. The van der Waals surface area contributed by atoms with Crippen LogP contribution >= 0.6 is 12.4 Å². The summed E-state index contributed by atoms with van der Waals surface area (Å²) < 4.78 is 32.2. The monoisotopic (exact) mass is 403 g/mol. The number of amides is 1. The Labute approximate surface area is 161 Å². The molecular weight excluding hydrogens is 378 g/mol. The maximum absolute atomic E-state index is 12.9. The Morgan fingerprint density at radius 1 is 1.19 bits per heavy atom. The van der Waals surface area contributed by atoms with Gasteiger partial charge >= 0.3 is 0 Å². The molecule has 2 saturated heterocycles. The molecule has 0 spiro atoms. The Kier molecular flexibility index (Phi) is 7.04. The molecule has 0 radical (unpaired) electrons. The molecule has 1 aromatic carbocycles. The van der Waals surface area contributed by atoms with Crippen LogP contribution in [-0.4, -0.2) is 75.0 Å². The standard InChI is InChI=1S/C17H25N3O4S.ClH/c1-13-14(2)20(7-6-18-13)17(21)15-4-3-5-16(12-15)25(22,23)19-8-10-24-11-9-19;/h3-5,12-14,18H,6-11H2,1-2H3;1H. The highest BCUT2D eigenvalue weighted by Gasteiger charge is 2.30. The average molecular weight is 404 g/mol.